The molecular formula is C16H18N2O2. The van der Waals surface area contributed by atoms with Crippen molar-refractivity contribution in [2.75, 3.05) is 13.7 Å². The second-order valence-corrected chi connectivity index (χ2v) is 4.77. The zero-order valence-electron chi connectivity index (χ0n) is 11.5. The van der Waals surface area contributed by atoms with Crippen LogP contribution in [0.3, 0.4) is 0 Å². The van der Waals surface area contributed by atoms with E-state index in [0.29, 0.717) is 6.61 Å². The number of aromatic nitrogens is 1. The van der Waals surface area contributed by atoms with E-state index in [-0.39, 0.29) is 6.04 Å². The molecule has 4 nitrogen and oxygen atoms in total. The Kier molecular flexibility index (Phi) is 3.83. The summed E-state index contributed by atoms with van der Waals surface area (Å²) in [6, 6.07) is 12.3. The van der Waals surface area contributed by atoms with Gasteiger partial charge in [-0.2, -0.15) is 0 Å². The molecule has 0 bridgehead atoms. The molecule has 1 aromatic carbocycles. The number of hydrogen-bond donors (Lipinski definition) is 1. The molecule has 1 N–H and O–H groups in total. The summed E-state index contributed by atoms with van der Waals surface area (Å²) in [5.74, 6) is 1.66. The molecule has 0 fully saturated rings. The predicted molar refractivity (Wildman–Crippen MR) is 76.9 cm³/mol. The van der Waals surface area contributed by atoms with Crippen LogP contribution < -0.4 is 14.8 Å². The third-order valence-corrected chi connectivity index (χ3v) is 3.51. The Hall–Kier alpha value is -2.07. The normalized spacial score (nSPS) is 17.1. The lowest BCUT2D eigenvalue weighted by atomic mass is 10.00. The van der Waals surface area contributed by atoms with Crippen molar-refractivity contribution in [2.24, 2.45) is 0 Å². The number of fused-ring (bicyclic) bond motifs is 1. The molecule has 0 amide bonds. The van der Waals surface area contributed by atoms with Crippen LogP contribution >= 0.6 is 0 Å². The maximum absolute atomic E-state index is 5.75. The van der Waals surface area contributed by atoms with Gasteiger partial charge in [0.05, 0.1) is 19.4 Å². The zero-order valence-corrected chi connectivity index (χ0v) is 11.5. The largest absolute Gasteiger partial charge is 0.493 e. The van der Waals surface area contributed by atoms with E-state index in [1.165, 1.54) is 0 Å². The van der Waals surface area contributed by atoms with Gasteiger partial charge in [0.2, 0.25) is 0 Å². The summed E-state index contributed by atoms with van der Waals surface area (Å²) in [5.41, 5.74) is 2.20. The standard InChI is InChI=1S/C16H18N2O2/c1-19-15-7-4-6-13-14(8-10-20-16(13)15)18-11-12-5-2-3-9-17-12/h2-7,9,14,18H,8,10-11H2,1H3. The van der Waals surface area contributed by atoms with Crippen LogP contribution in [0.4, 0.5) is 0 Å². The summed E-state index contributed by atoms with van der Waals surface area (Å²) in [5, 5.41) is 3.55. The number of para-hydroxylation sites is 1. The van der Waals surface area contributed by atoms with Gasteiger partial charge in [0.15, 0.2) is 11.5 Å². The van der Waals surface area contributed by atoms with Gasteiger partial charge in [-0.15, -0.1) is 0 Å². The lowest BCUT2D eigenvalue weighted by molar-refractivity contribution is 0.238. The SMILES string of the molecule is COc1cccc2c1OCCC2NCc1ccccn1. The van der Waals surface area contributed by atoms with Gasteiger partial charge in [0.25, 0.3) is 0 Å². The minimum atomic E-state index is 0.274. The molecule has 20 heavy (non-hydrogen) atoms. The van der Waals surface area contributed by atoms with Crippen molar-refractivity contribution in [3.05, 3.63) is 53.9 Å². The van der Waals surface area contributed by atoms with Crippen molar-refractivity contribution in [2.45, 2.75) is 19.0 Å². The summed E-state index contributed by atoms with van der Waals surface area (Å²) in [4.78, 5) is 4.33. The van der Waals surface area contributed by atoms with E-state index in [9.17, 15) is 0 Å². The molecule has 0 aliphatic carbocycles. The lowest BCUT2D eigenvalue weighted by Crippen LogP contribution is -2.27. The summed E-state index contributed by atoms with van der Waals surface area (Å²) >= 11 is 0. The summed E-state index contributed by atoms with van der Waals surface area (Å²) in [6.07, 6.45) is 2.77. The van der Waals surface area contributed by atoms with Crippen LogP contribution in [-0.4, -0.2) is 18.7 Å². The van der Waals surface area contributed by atoms with Crippen molar-refractivity contribution in [3.63, 3.8) is 0 Å². The molecule has 1 unspecified atom stereocenters. The summed E-state index contributed by atoms with van der Waals surface area (Å²) in [7, 11) is 1.67. The molecule has 1 aliphatic rings. The molecule has 0 radical (unpaired) electrons. The quantitative estimate of drug-likeness (QED) is 0.927. The number of hydrogen-bond acceptors (Lipinski definition) is 4. The molecule has 3 rings (SSSR count). The Morgan fingerprint density at radius 3 is 3.05 bits per heavy atom. The molecule has 0 saturated heterocycles. The Bertz CT molecular complexity index is 572. The van der Waals surface area contributed by atoms with Crippen molar-refractivity contribution >= 4 is 0 Å². The third-order valence-electron chi connectivity index (χ3n) is 3.51. The van der Waals surface area contributed by atoms with E-state index < -0.39 is 0 Å². The average Bonchev–Trinajstić information content (AvgIpc) is 2.53. The average molecular weight is 270 g/mol. The van der Waals surface area contributed by atoms with E-state index in [2.05, 4.69) is 16.4 Å². The van der Waals surface area contributed by atoms with Crippen molar-refractivity contribution in [1.29, 1.82) is 0 Å². The molecule has 0 spiro atoms. The third kappa shape index (κ3) is 2.60. The van der Waals surface area contributed by atoms with E-state index in [1.807, 2.05) is 36.5 Å². The number of ether oxygens (including phenoxy) is 2. The predicted octanol–water partition coefficient (Wildman–Crippen LogP) is 2.70. The lowest BCUT2D eigenvalue weighted by Gasteiger charge is -2.27. The molecule has 1 aliphatic heterocycles. The molecule has 2 heterocycles. The Morgan fingerprint density at radius 2 is 2.25 bits per heavy atom. The summed E-state index contributed by atoms with van der Waals surface area (Å²) < 4.78 is 11.1. The first-order valence-electron chi connectivity index (χ1n) is 6.81. The van der Waals surface area contributed by atoms with Crippen LogP contribution in [0.25, 0.3) is 0 Å². The van der Waals surface area contributed by atoms with Gasteiger partial charge >= 0.3 is 0 Å². The number of nitrogens with zero attached hydrogens (tertiary/aromatic N) is 1. The molecule has 1 aromatic heterocycles. The number of methoxy groups -OCH3 is 1. The minimum Gasteiger partial charge on any atom is -0.493 e. The maximum Gasteiger partial charge on any atom is 0.165 e. The van der Waals surface area contributed by atoms with Crippen molar-refractivity contribution < 1.29 is 9.47 Å². The van der Waals surface area contributed by atoms with Crippen molar-refractivity contribution in [3.8, 4) is 11.5 Å². The van der Waals surface area contributed by atoms with E-state index in [0.717, 1.165) is 35.7 Å². The van der Waals surface area contributed by atoms with Gasteiger partial charge in [-0.25, -0.2) is 0 Å². The maximum atomic E-state index is 5.75. The van der Waals surface area contributed by atoms with Gasteiger partial charge in [-0.3, -0.25) is 4.98 Å². The Morgan fingerprint density at radius 1 is 1.30 bits per heavy atom. The van der Waals surface area contributed by atoms with E-state index >= 15 is 0 Å². The Balaban J connectivity index is 1.77. The first kappa shape index (κ1) is 12.9. The fourth-order valence-electron chi connectivity index (χ4n) is 2.50. The zero-order chi connectivity index (χ0) is 13.8. The fourth-order valence-corrected chi connectivity index (χ4v) is 2.50. The first-order chi connectivity index (χ1) is 9.88. The Labute approximate surface area is 118 Å². The second kappa shape index (κ2) is 5.92. The fraction of sp³-hybridized carbons (Fsp3) is 0.312. The topological polar surface area (TPSA) is 43.4 Å². The van der Waals surface area contributed by atoms with Crippen LogP contribution in [0.1, 0.15) is 23.7 Å². The smallest absolute Gasteiger partial charge is 0.165 e. The molecule has 104 valence electrons. The van der Waals surface area contributed by atoms with Gasteiger partial charge in [-0.05, 0) is 18.2 Å². The molecule has 4 heteroatoms. The molecule has 1 atom stereocenters. The van der Waals surface area contributed by atoms with Crippen LogP contribution in [0.2, 0.25) is 0 Å². The molecule has 2 aromatic rings. The number of benzene rings is 1. The number of nitrogens with one attached hydrogen (secondary N) is 1. The first-order valence-corrected chi connectivity index (χ1v) is 6.81. The highest BCUT2D eigenvalue weighted by molar-refractivity contribution is 5.49. The number of rotatable bonds is 4. The van der Waals surface area contributed by atoms with Crippen LogP contribution in [0.5, 0.6) is 11.5 Å². The molecular weight excluding hydrogens is 252 g/mol. The van der Waals surface area contributed by atoms with Gasteiger partial charge in [0.1, 0.15) is 0 Å². The van der Waals surface area contributed by atoms with E-state index in [4.69, 9.17) is 9.47 Å². The van der Waals surface area contributed by atoms with Crippen LogP contribution in [-0.2, 0) is 6.54 Å². The molecule has 0 saturated carbocycles. The second-order valence-electron chi connectivity index (χ2n) is 4.77. The monoisotopic (exact) mass is 270 g/mol. The van der Waals surface area contributed by atoms with E-state index in [1.54, 1.807) is 7.11 Å². The van der Waals surface area contributed by atoms with Crippen LogP contribution in [0.15, 0.2) is 42.6 Å². The van der Waals surface area contributed by atoms with Gasteiger partial charge in [-0.1, -0.05) is 18.2 Å². The highest BCUT2D eigenvalue weighted by Crippen LogP contribution is 2.39. The van der Waals surface area contributed by atoms with Crippen molar-refractivity contribution in [1.82, 2.24) is 10.3 Å². The summed E-state index contributed by atoms with van der Waals surface area (Å²) in [6.45, 7) is 1.45. The van der Waals surface area contributed by atoms with Gasteiger partial charge < -0.3 is 14.8 Å². The minimum absolute atomic E-state index is 0.274. The number of pyridine rings is 1. The highest BCUT2D eigenvalue weighted by atomic mass is 16.5. The van der Waals surface area contributed by atoms with Gasteiger partial charge in [0, 0.05) is 30.8 Å². The highest BCUT2D eigenvalue weighted by Gasteiger charge is 2.23. The van der Waals surface area contributed by atoms with Crippen LogP contribution in [0, 0.1) is 0 Å².